The van der Waals surface area contributed by atoms with E-state index >= 15 is 0 Å². The Hall–Kier alpha value is -0.980. The molecule has 0 saturated carbocycles. The number of aromatic nitrogens is 1. The highest BCUT2D eigenvalue weighted by Crippen LogP contribution is 2.08. The Balaban J connectivity index is 2.74. The van der Waals surface area contributed by atoms with Crippen LogP contribution in [0, 0.1) is 0 Å². The van der Waals surface area contributed by atoms with E-state index < -0.39 is 10.0 Å². The normalized spacial score (nSPS) is 13.6. The van der Waals surface area contributed by atoms with Crippen molar-refractivity contribution in [3.05, 3.63) is 24.0 Å². The van der Waals surface area contributed by atoms with Crippen LogP contribution in [0.3, 0.4) is 0 Å². The van der Waals surface area contributed by atoms with Crippen LogP contribution in [-0.4, -0.2) is 26.0 Å². The molecule has 0 amide bonds. The van der Waals surface area contributed by atoms with Crippen molar-refractivity contribution < 1.29 is 8.42 Å². The summed E-state index contributed by atoms with van der Waals surface area (Å²) < 4.78 is 22.1. The van der Waals surface area contributed by atoms with Crippen molar-refractivity contribution >= 4 is 10.0 Å². The molecule has 0 fully saturated rings. The average molecular weight is 257 g/mol. The SMILES string of the molecule is CCNC(CC)Cc1ccc(S(N)(=O)=O)cn1. The molecule has 0 radical (unpaired) electrons. The number of nitrogens with two attached hydrogens (primary N) is 1. The Morgan fingerprint density at radius 3 is 2.53 bits per heavy atom. The summed E-state index contributed by atoms with van der Waals surface area (Å²) in [5, 5.41) is 8.34. The number of primary sulfonamides is 1. The van der Waals surface area contributed by atoms with Gasteiger partial charge < -0.3 is 5.32 Å². The molecule has 1 heterocycles. The fourth-order valence-electron chi connectivity index (χ4n) is 1.60. The lowest BCUT2D eigenvalue weighted by Crippen LogP contribution is -2.30. The highest BCUT2D eigenvalue weighted by Gasteiger charge is 2.10. The van der Waals surface area contributed by atoms with E-state index in [9.17, 15) is 8.42 Å². The van der Waals surface area contributed by atoms with E-state index in [0.717, 1.165) is 25.1 Å². The van der Waals surface area contributed by atoms with E-state index in [4.69, 9.17) is 5.14 Å². The van der Waals surface area contributed by atoms with Crippen LogP contribution in [0.15, 0.2) is 23.2 Å². The zero-order valence-electron chi connectivity index (χ0n) is 10.2. The molecular formula is C11H19N3O2S. The van der Waals surface area contributed by atoms with Crippen LogP contribution in [0.4, 0.5) is 0 Å². The van der Waals surface area contributed by atoms with E-state index in [2.05, 4.69) is 24.1 Å². The highest BCUT2D eigenvalue weighted by atomic mass is 32.2. The van der Waals surface area contributed by atoms with E-state index in [1.165, 1.54) is 12.3 Å². The maximum atomic E-state index is 11.1. The number of hydrogen-bond acceptors (Lipinski definition) is 4. The highest BCUT2D eigenvalue weighted by molar-refractivity contribution is 7.89. The molecule has 1 unspecified atom stereocenters. The second-order valence-corrected chi connectivity index (χ2v) is 5.46. The fourth-order valence-corrected chi connectivity index (χ4v) is 2.06. The van der Waals surface area contributed by atoms with Crippen LogP contribution >= 0.6 is 0 Å². The van der Waals surface area contributed by atoms with E-state index in [1.807, 2.05) is 0 Å². The smallest absolute Gasteiger partial charge is 0.239 e. The first kappa shape index (κ1) is 14.1. The summed E-state index contributed by atoms with van der Waals surface area (Å²) >= 11 is 0. The van der Waals surface area contributed by atoms with Gasteiger partial charge in [-0.15, -0.1) is 0 Å². The second-order valence-electron chi connectivity index (χ2n) is 3.90. The molecule has 17 heavy (non-hydrogen) atoms. The Bertz CT molecular complexity index is 442. The van der Waals surface area contributed by atoms with Gasteiger partial charge in [-0.25, -0.2) is 13.6 Å². The first-order valence-electron chi connectivity index (χ1n) is 5.68. The molecular weight excluding hydrogens is 238 g/mol. The van der Waals surface area contributed by atoms with Crippen molar-refractivity contribution in [3.63, 3.8) is 0 Å². The summed E-state index contributed by atoms with van der Waals surface area (Å²) in [5.74, 6) is 0. The number of pyridine rings is 1. The lowest BCUT2D eigenvalue weighted by molar-refractivity contribution is 0.505. The van der Waals surface area contributed by atoms with Gasteiger partial charge in [0.2, 0.25) is 10.0 Å². The van der Waals surface area contributed by atoms with Crippen molar-refractivity contribution in [2.75, 3.05) is 6.54 Å². The van der Waals surface area contributed by atoms with E-state index in [0.29, 0.717) is 6.04 Å². The summed E-state index contributed by atoms with van der Waals surface area (Å²) in [5.41, 5.74) is 0.866. The minimum atomic E-state index is -3.64. The average Bonchev–Trinajstić information content (AvgIpc) is 2.28. The number of likely N-dealkylation sites (N-methyl/N-ethyl adjacent to an activating group) is 1. The van der Waals surface area contributed by atoms with Gasteiger partial charge in [0.05, 0.1) is 0 Å². The molecule has 1 rings (SSSR count). The topological polar surface area (TPSA) is 85.1 Å². The second kappa shape index (κ2) is 6.09. The lowest BCUT2D eigenvalue weighted by atomic mass is 10.1. The summed E-state index contributed by atoms with van der Waals surface area (Å²) in [6, 6.07) is 3.57. The molecule has 96 valence electrons. The molecule has 0 spiro atoms. The number of rotatable bonds is 6. The molecule has 0 aliphatic rings. The first-order valence-corrected chi connectivity index (χ1v) is 7.23. The van der Waals surface area contributed by atoms with Crippen molar-refractivity contribution in [2.24, 2.45) is 5.14 Å². The predicted molar refractivity (Wildman–Crippen MR) is 67.1 cm³/mol. The molecule has 3 N–H and O–H groups in total. The van der Waals surface area contributed by atoms with Gasteiger partial charge in [-0.05, 0) is 25.1 Å². The lowest BCUT2D eigenvalue weighted by Gasteiger charge is -2.15. The van der Waals surface area contributed by atoms with Gasteiger partial charge in [0.25, 0.3) is 0 Å². The van der Waals surface area contributed by atoms with Crippen LogP contribution in [-0.2, 0) is 16.4 Å². The molecule has 5 nitrogen and oxygen atoms in total. The third-order valence-corrected chi connectivity index (χ3v) is 3.47. The number of nitrogens with one attached hydrogen (secondary N) is 1. The Morgan fingerprint density at radius 2 is 2.12 bits per heavy atom. The quantitative estimate of drug-likeness (QED) is 0.784. The number of nitrogens with zero attached hydrogens (tertiary/aromatic N) is 1. The molecule has 0 aliphatic carbocycles. The molecule has 1 atom stereocenters. The summed E-state index contributed by atoms with van der Waals surface area (Å²) in [6.45, 7) is 5.07. The molecule has 0 aliphatic heterocycles. The molecule has 0 saturated heterocycles. The molecule has 0 aromatic carbocycles. The summed E-state index contributed by atoms with van der Waals surface area (Å²) in [6.07, 6.45) is 3.10. The Labute approximate surface area is 102 Å². The number of hydrogen-bond donors (Lipinski definition) is 2. The van der Waals surface area contributed by atoms with Crippen LogP contribution in [0.25, 0.3) is 0 Å². The number of sulfonamides is 1. The van der Waals surface area contributed by atoms with Gasteiger partial charge in [-0.1, -0.05) is 13.8 Å². The first-order chi connectivity index (χ1) is 7.97. The van der Waals surface area contributed by atoms with Crippen molar-refractivity contribution in [3.8, 4) is 0 Å². The summed E-state index contributed by atoms with van der Waals surface area (Å²) in [4.78, 5) is 4.17. The molecule has 1 aromatic heterocycles. The van der Waals surface area contributed by atoms with Crippen molar-refractivity contribution in [1.29, 1.82) is 0 Å². The van der Waals surface area contributed by atoms with Gasteiger partial charge in [-0.3, -0.25) is 4.98 Å². The zero-order chi connectivity index (χ0) is 12.9. The van der Waals surface area contributed by atoms with Gasteiger partial charge in [0.1, 0.15) is 4.90 Å². The van der Waals surface area contributed by atoms with Crippen molar-refractivity contribution in [1.82, 2.24) is 10.3 Å². The van der Waals surface area contributed by atoms with Crippen LogP contribution in [0.5, 0.6) is 0 Å². The molecule has 6 heteroatoms. The van der Waals surface area contributed by atoms with E-state index in [-0.39, 0.29) is 4.90 Å². The van der Waals surface area contributed by atoms with Gasteiger partial charge in [0.15, 0.2) is 0 Å². The van der Waals surface area contributed by atoms with Crippen LogP contribution < -0.4 is 10.5 Å². The van der Waals surface area contributed by atoms with Crippen LogP contribution in [0.2, 0.25) is 0 Å². The minimum Gasteiger partial charge on any atom is -0.314 e. The standard InChI is InChI=1S/C11H19N3O2S/c1-3-9(13-4-2)7-10-5-6-11(8-14-10)17(12,15)16/h5-6,8-9,13H,3-4,7H2,1-2H3,(H2,12,15,16). The Kier molecular flexibility index (Phi) is 5.04. The van der Waals surface area contributed by atoms with Crippen molar-refractivity contribution in [2.45, 2.75) is 37.6 Å². The van der Waals surface area contributed by atoms with E-state index in [1.54, 1.807) is 6.07 Å². The maximum Gasteiger partial charge on any atom is 0.239 e. The Morgan fingerprint density at radius 1 is 1.41 bits per heavy atom. The third-order valence-electron chi connectivity index (χ3n) is 2.57. The molecule has 1 aromatic rings. The van der Waals surface area contributed by atoms with Gasteiger partial charge >= 0.3 is 0 Å². The van der Waals surface area contributed by atoms with Gasteiger partial charge in [-0.2, -0.15) is 0 Å². The molecule has 0 bridgehead atoms. The summed E-state index contributed by atoms with van der Waals surface area (Å²) in [7, 11) is -3.64. The zero-order valence-corrected chi connectivity index (χ0v) is 11.0. The van der Waals surface area contributed by atoms with Gasteiger partial charge in [0, 0.05) is 24.4 Å². The largest absolute Gasteiger partial charge is 0.314 e. The predicted octanol–water partition coefficient (Wildman–Crippen LogP) is 0.660. The minimum absolute atomic E-state index is 0.0535. The fraction of sp³-hybridized carbons (Fsp3) is 0.545. The maximum absolute atomic E-state index is 11.1. The monoisotopic (exact) mass is 257 g/mol. The third kappa shape index (κ3) is 4.41. The van der Waals surface area contributed by atoms with Crippen LogP contribution in [0.1, 0.15) is 26.0 Å².